The number of carbonyl (C=O) groups excluding carboxylic acids is 5. The minimum atomic E-state index is -2.08. The molecular formula is C41H61N5O8. The third-order valence-corrected chi connectivity index (χ3v) is 9.23. The second-order valence-electron chi connectivity index (χ2n) is 16.1. The number of nitrogens with one attached hydrogen (secondary N) is 4. The summed E-state index contributed by atoms with van der Waals surface area (Å²) >= 11 is 0. The highest BCUT2D eigenvalue weighted by Crippen LogP contribution is 2.22. The van der Waals surface area contributed by atoms with Crippen LogP contribution in [0.15, 0.2) is 60.7 Å². The van der Waals surface area contributed by atoms with Crippen LogP contribution in [0, 0.1) is 11.3 Å². The van der Waals surface area contributed by atoms with Gasteiger partial charge in [-0.1, -0.05) is 95.3 Å². The zero-order chi connectivity index (χ0) is 39.9. The summed E-state index contributed by atoms with van der Waals surface area (Å²) in [6.07, 6.45) is 1.27. The third kappa shape index (κ3) is 15.3. The van der Waals surface area contributed by atoms with E-state index in [1.165, 1.54) is 6.92 Å². The predicted octanol–water partition coefficient (Wildman–Crippen LogP) is 1.93. The van der Waals surface area contributed by atoms with Crippen LogP contribution in [-0.2, 0) is 41.6 Å². The van der Waals surface area contributed by atoms with E-state index in [-0.39, 0.29) is 44.1 Å². The molecule has 0 bridgehead atoms. The van der Waals surface area contributed by atoms with E-state index in [4.69, 9.17) is 4.74 Å². The standard InChI is InChI=1S/C41H61N5O8/c1-28(2)23-32(36(49)41(6,53)27-47)43-38(51)33(24-30-15-11-8-12-16-30)44-39(52)34(25-40(3,4)5)45-37(50)31(18-17-29-13-9-7-10-14-29)42-35(48)26-46-19-21-54-22-20-46/h7-16,28,31-34,47,53H,17-27H2,1-6H3,(H,42,48)(H,43,51)(H,44,52)(H,45,50). The van der Waals surface area contributed by atoms with E-state index in [1.54, 1.807) is 12.1 Å². The van der Waals surface area contributed by atoms with Crippen molar-refractivity contribution in [1.82, 2.24) is 26.2 Å². The van der Waals surface area contributed by atoms with E-state index >= 15 is 0 Å². The topological polar surface area (TPSA) is 186 Å². The van der Waals surface area contributed by atoms with E-state index < -0.39 is 65.3 Å². The Labute approximate surface area is 320 Å². The lowest BCUT2D eigenvalue weighted by molar-refractivity contribution is -0.144. The van der Waals surface area contributed by atoms with Crippen molar-refractivity contribution >= 4 is 29.4 Å². The number of hydrogen-bond donors (Lipinski definition) is 6. The summed E-state index contributed by atoms with van der Waals surface area (Å²) in [5.41, 5.74) is -0.781. The van der Waals surface area contributed by atoms with E-state index in [2.05, 4.69) is 21.3 Å². The summed E-state index contributed by atoms with van der Waals surface area (Å²) in [6, 6.07) is 14.3. The van der Waals surface area contributed by atoms with Crippen molar-refractivity contribution in [1.29, 1.82) is 0 Å². The molecule has 0 saturated carbocycles. The molecule has 0 aromatic heterocycles. The second-order valence-corrected chi connectivity index (χ2v) is 16.1. The van der Waals surface area contributed by atoms with Crippen LogP contribution in [0.25, 0.3) is 0 Å². The van der Waals surface area contributed by atoms with Gasteiger partial charge in [0, 0.05) is 19.5 Å². The van der Waals surface area contributed by atoms with Gasteiger partial charge in [0.2, 0.25) is 23.6 Å². The van der Waals surface area contributed by atoms with E-state index in [1.807, 2.05) is 88.0 Å². The average molecular weight is 752 g/mol. The van der Waals surface area contributed by atoms with Crippen LogP contribution in [0.3, 0.4) is 0 Å². The lowest BCUT2D eigenvalue weighted by Crippen LogP contribution is -2.60. The normalized spacial score (nSPS) is 17.0. The number of benzene rings is 2. The molecule has 1 fully saturated rings. The number of Topliss-reactive ketones (excluding diaryl/α,β-unsaturated/α-hetero) is 1. The molecule has 4 amide bonds. The van der Waals surface area contributed by atoms with Crippen LogP contribution in [0.5, 0.6) is 0 Å². The first-order chi connectivity index (χ1) is 25.5. The average Bonchev–Trinajstić information content (AvgIpc) is 3.12. The molecule has 298 valence electrons. The van der Waals surface area contributed by atoms with E-state index in [0.29, 0.717) is 32.7 Å². The van der Waals surface area contributed by atoms with Gasteiger partial charge in [-0.3, -0.25) is 28.9 Å². The number of morpholine rings is 1. The maximum Gasteiger partial charge on any atom is 0.243 e. The van der Waals surface area contributed by atoms with E-state index in [9.17, 15) is 34.2 Å². The van der Waals surface area contributed by atoms with Crippen LogP contribution >= 0.6 is 0 Å². The summed E-state index contributed by atoms with van der Waals surface area (Å²) in [5.74, 6) is -2.89. The Balaban J connectivity index is 1.87. The van der Waals surface area contributed by atoms with Crippen molar-refractivity contribution < 1.29 is 38.9 Å². The fraction of sp³-hybridized carbons (Fsp3) is 0.585. The number of ether oxygens (including phenoxy) is 1. The number of amides is 4. The quantitative estimate of drug-likeness (QED) is 0.118. The Kier molecular flexibility index (Phi) is 17.2. The molecular weight excluding hydrogens is 690 g/mol. The molecule has 2 aromatic carbocycles. The lowest BCUT2D eigenvalue weighted by atomic mass is 9.87. The minimum absolute atomic E-state index is 0.0496. The van der Waals surface area contributed by atoms with Crippen LogP contribution in [0.1, 0.15) is 71.9 Å². The number of aliphatic hydroxyl groups is 2. The third-order valence-electron chi connectivity index (χ3n) is 9.23. The summed E-state index contributed by atoms with van der Waals surface area (Å²) in [5, 5.41) is 31.6. The van der Waals surface area contributed by atoms with Crippen molar-refractivity contribution in [3.8, 4) is 0 Å². The van der Waals surface area contributed by atoms with Gasteiger partial charge in [0.15, 0.2) is 5.78 Å². The van der Waals surface area contributed by atoms with Gasteiger partial charge >= 0.3 is 0 Å². The summed E-state index contributed by atoms with van der Waals surface area (Å²) in [4.78, 5) is 70.6. The molecule has 13 nitrogen and oxygen atoms in total. The Morgan fingerprint density at radius 3 is 1.81 bits per heavy atom. The molecule has 54 heavy (non-hydrogen) atoms. The molecule has 0 radical (unpaired) electrons. The summed E-state index contributed by atoms with van der Waals surface area (Å²) < 4.78 is 5.40. The Morgan fingerprint density at radius 2 is 1.26 bits per heavy atom. The number of aliphatic hydroxyl groups excluding tert-OH is 1. The number of hydrogen-bond acceptors (Lipinski definition) is 9. The molecule has 13 heteroatoms. The molecule has 2 aromatic rings. The molecule has 1 aliphatic rings. The smallest absolute Gasteiger partial charge is 0.243 e. The highest BCUT2D eigenvalue weighted by molar-refractivity contribution is 5.98. The molecule has 5 unspecified atom stereocenters. The Hall–Kier alpha value is -4.17. The largest absolute Gasteiger partial charge is 0.393 e. The van der Waals surface area contributed by atoms with Crippen LogP contribution in [0.2, 0.25) is 0 Å². The Bertz CT molecular complexity index is 1510. The monoisotopic (exact) mass is 751 g/mol. The summed E-state index contributed by atoms with van der Waals surface area (Å²) in [6.45, 7) is 12.2. The first-order valence-corrected chi connectivity index (χ1v) is 18.9. The first kappa shape index (κ1) is 44.2. The maximum atomic E-state index is 14.2. The zero-order valence-corrected chi connectivity index (χ0v) is 32.7. The van der Waals surface area contributed by atoms with Gasteiger partial charge in [0.1, 0.15) is 23.7 Å². The molecule has 1 saturated heterocycles. The van der Waals surface area contributed by atoms with Gasteiger partial charge in [0.25, 0.3) is 0 Å². The van der Waals surface area contributed by atoms with Gasteiger partial charge in [-0.15, -0.1) is 0 Å². The predicted molar refractivity (Wildman–Crippen MR) is 206 cm³/mol. The van der Waals surface area contributed by atoms with Crippen LogP contribution < -0.4 is 21.3 Å². The highest BCUT2D eigenvalue weighted by atomic mass is 16.5. The molecule has 5 atom stereocenters. The van der Waals surface area contributed by atoms with Crippen molar-refractivity contribution in [3.05, 3.63) is 71.8 Å². The molecule has 3 rings (SSSR count). The SMILES string of the molecule is CC(C)CC(NC(=O)C(Cc1ccccc1)NC(=O)C(CC(C)(C)C)NC(=O)C(CCc1ccccc1)NC(=O)CN1CCOCC1)C(=O)C(C)(O)CO. The molecule has 6 N–H and O–H groups in total. The maximum absolute atomic E-state index is 14.2. The van der Waals surface area contributed by atoms with Crippen LogP contribution in [-0.4, -0.2) is 114 Å². The van der Waals surface area contributed by atoms with Gasteiger partial charge in [-0.05, 0) is 55.1 Å². The number of ketones is 1. The van der Waals surface area contributed by atoms with Gasteiger partial charge in [-0.25, -0.2) is 0 Å². The number of nitrogens with zero attached hydrogens (tertiary/aromatic N) is 1. The fourth-order valence-electron chi connectivity index (χ4n) is 6.28. The van der Waals surface area contributed by atoms with Crippen molar-refractivity contribution in [2.24, 2.45) is 11.3 Å². The van der Waals surface area contributed by atoms with Gasteiger partial charge < -0.3 is 36.2 Å². The first-order valence-electron chi connectivity index (χ1n) is 18.9. The number of carbonyl (C=O) groups is 5. The van der Waals surface area contributed by atoms with Crippen molar-refractivity contribution in [3.63, 3.8) is 0 Å². The number of aryl methyl sites for hydroxylation is 1. The second kappa shape index (κ2) is 21.1. The van der Waals surface area contributed by atoms with E-state index in [0.717, 1.165) is 11.1 Å². The number of rotatable bonds is 20. The van der Waals surface area contributed by atoms with Gasteiger partial charge in [-0.2, -0.15) is 0 Å². The molecule has 0 aliphatic carbocycles. The Morgan fingerprint density at radius 1 is 0.741 bits per heavy atom. The van der Waals surface area contributed by atoms with Crippen LogP contribution in [0.4, 0.5) is 0 Å². The fourth-order valence-corrected chi connectivity index (χ4v) is 6.28. The van der Waals surface area contributed by atoms with Crippen molar-refractivity contribution in [2.45, 2.75) is 103 Å². The molecule has 0 spiro atoms. The summed E-state index contributed by atoms with van der Waals surface area (Å²) in [7, 11) is 0. The molecule has 1 aliphatic heterocycles. The minimum Gasteiger partial charge on any atom is -0.393 e. The lowest BCUT2D eigenvalue weighted by Gasteiger charge is -2.31. The zero-order valence-electron chi connectivity index (χ0n) is 32.7. The van der Waals surface area contributed by atoms with Gasteiger partial charge in [0.05, 0.1) is 32.4 Å². The highest BCUT2D eigenvalue weighted by Gasteiger charge is 2.38. The molecule has 1 heterocycles. The van der Waals surface area contributed by atoms with Crippen molar-refractivity contribution in [2.75, 3.05) is 39.5 Å².